The second-order valence-electron chi connectivity index (χ2n) is 4.29. The van der Waals surface area contributed by atoms with Gasteiger partial charge >= 0.3 is 0 Å². The monoisotopic (exact) mass is 264 g/mol. The summed E-state index contributed by atoms with van der Waals surface area (Å²) in [7, 11) is 1.81. The number of rotatable bonds is 4. The summed E-state index contributed by atoms with van der Waals surface area (Å²) in [6.45, 7) is 0.950. The van der Waals surface area contributed by atoms with E-state index in [1.807, 2.05) is 18.8 Å². The summed E-state index contributed by atoms with van der Waals surface area (Å²) in [5.41, 5.74) is 0.760. The van der Waals surface area contributed by atoms with Gasteiger partial charge in [-0.2, -0.15) is 26.8 Å². The Balaban J connectivity index is 1.82. The Hall–Kier alpha value is -1.50. The fraction of sp³-hybridized carbons (Fsp3) is 0.545. The van der Waals surface area contributed by atoms with Crippen molar-refractivity contribution in [3.8, 4) is 0 Å². The van der Waals surface area contributed by atoms with Crippen molar-refractivity contribution in [1.29, 1.82) is 0 Å². The van der Waals surface area contributed by atoms with Crippen molar-refractivity contribution in [3.63, 3.8) is 0 Å². The van der Waals surface area contributed by atoms with Crippen LogP contribution in [0.2, 0.25) is 0 Å². The number of anilines is 2. The van der Waals surface area contributed by atoms with Gasteiger partial charge in [0.1, 0.15) is 5.82 Å². The minimum absolute atomic E-state index is 0.605. The first-order valence-corrected chi connectivity index (χ1v) is 7.16. The number of hydrogen-bond donors (Lipinski definition) is 3. The maximum absolute atomic E-state index is 4.45. The van der Waals surface area contributed by atoms with Gasteiger partial charge in [0, 0.05) is 18.8 Å². The van der Waals surface area contributed by atoms with E-state index in [9.17, 15) is 0 Å². The lowest BCUT2D eigenvalue weighted by Crippen LogP contribution is -2.15. The van der Waals surface area contributed by atoms with Crippen LogP contribution in [0.4, 0.5) is 11.8 Å². The zero-order chi connectivity index (χ0) is 12.4. The summed E-state index contributed by atoms with van der Waals surface area (Å²) >= 11 is 2.03. The molecular weight excluding hydrogens is 248 g/mol. The first-order chi connectivity index (χ1) is 8.86. The van der Waals surface area contributed by atoms with E-state index >= 15 is 0 Å². The Labute approximate surface area is 109 Å². The molecule has 0 radical (unpaired) electrons. The Morgan fingerprint density at radius 3 is 3.22 bits per heavy atom. The molecule has 1 saturated heterocycles. The van der Waals surface area contributed by atoms with Gasteiger partial charge in [-0.1, -0.05) is 0 Å². The number of aromatic amines is 1. The lowest BCUT2D eigenvalue weighted by atomic mass is 10.2. The largest absolute Gasteiger partial charge is 0.368 e. The molecule has 0 saturated carbocycles. The van der Waals surface area contributed by atoms with Crippen molar-refractivity contribution in [2.45, 2.75) is 18.1 Å². The van der Waals surface area contributed by atoms with E-state index in [4.69, 9.17) is 0 Å². The standard InChI is InChI=1S/C11H16N6S/c1-12-11-15-9(8-6-14-17-10(8)16-11)13-5-7-3-2-4-18-7/h6-7H,2-5H2,1H3,(H3,12,13,14,15,16,17). The van der Waals surface area contributed by atoms with Gasteiger partial charge < -0.3 is 10.6 Å². The fourth-order valence-corrected chi connectivity index (χ4v) is 3.30. The molecule has 3 N–H and O–H groups in total. The molecule has 1 unspecified atom stereocenters. The van der Waals surface area contributed by atoms with Crippen LogP contribution in [0, 0.1) is 0 Å². The Morgan fingerprint density at radius 1 is 1.50 bits per heavy atom. The molecule has 18 heavy (non-hydrogen) atoms. The van der Waals surface area contributed by atoms with Crippen molar-refractivity contribution >= 4 is 34.6 Å². The van der Waals surface area contributed by atoms with Crippen molar-refractivity contribution < 1.29 is 0 Å². The van der Waals surface area contributed by atoms with Crippen LogP contribution < -0.4 is 10.6 Å². The lowest BCUT2D eigenvalue weighted by Gasteiger charge is -2.11. The molecule has 3 rings (SSSR count). The molecule has 3 heterocycles. The first kappa shape index (κ1) is 11.6. The molecule has 7 heteroatoms. The van der Waals surface area contributed by atoms with Crippen LogP contribution in [-0.4, -0.2) is 44.8 Å². The number of aromatic nitrogens is 4. The summed E-state index contributed by atoms with van der Waals surface area (Å²) in [5.74, 6) is 2.73. The number of H-pyrrole nitrogens is 1. The van der Waals surface area contributed by atoms with E-state index in [1.165, 1.54) is 18.6 Å². The number of hydrogen-bond acceptors (Lipinski definition) is 6. The summed E-state index contributed by atoms with van der Waals surface area (Å²) in [4.78, 5) is 8.76. The van der Waals surface area contributed by atoms with Gasteiger partial charge in [0.05, 0.1) is 11.6 Å². The summed E-state index contributed by atoms with van der Waals surface area (Å²) in [6.07, 6.45) is 4.37. The molecular formula is C11H16N6S. The van der Waals surface area contributed by atoms with Crippen LogP contribution in [0.1, 0.15) is 12.8 Å². The summed E-state index contributed by atoms with van der Waals surface area (Å²) in [6, 6.07) is 0. The van der Waals surface area contributed by atoms with Gasteiger partial charge in [0.25, 0.3) is 0 Å². The first-order valence-electron chi connectivity index (χ1n) is 6.11. The minimum Gasteiger partial charge on any atom is -0.368 e. The number of fused-ring (bicyclic) bond motifs is 1. The van der Waals surface area contributed by atoms with E-state index in [0.717, 1.165) is 23.4 Å². The number of nitrogens with one attached hydrogen (secondary N) is 3. The highest BCUT2D eigenvalue weighted by Gasteiger charge is 2.16. The molecule has 2 aromatic heterocycles. The fourth-order valence-electron chi connectivity index (χ4n) is 2.10. The van der Waals surface area contributed by atoms with Crippen molar-refractivity contribution in [2.24, 2.45) is 0 Å². The van der Waals surface area contributed by atoms with Crippen molar-refractivity contribution in [1.82, 2.24) is 20.2 Å². The lowest BCUT2D eigenvalue weighted by molar-refractivity contribution is 0.804. The SMILES string of the molecule is CNc1nc(NCC2CCCS2)c2cn[nH]c2n1. The third-order valence-electron chi connectivity index (χ3n) is 3.05. The molecule has 1 atom stereocenters. The van der Waals surface area contributed by atoms with Gasteiger partial charge in [-0.05, 0) is 18.6 Å². The Morgan fingerprint density at radius 2 is 2.44 bits per heavy atom. The number of thioether (sulfide) groups is 1. The average Bonchev–Trinajstić information content (AvgIpc) is 3.06. The molecule has 2 aromatic rings. The van der Waals surface area contributed by atoms with Gasteiger partial charge in [-0.25, -0.2) is 0 Å². The van der Waals surface area contributed by atoms with E-state index in [2.05, 4.69) is 30.8 Å². The molecule has 96 valence electrons. The van der Waals surface area contributed by atoms with Crippen molar-refractivity contribution in [2.75, 3.05) is 30.0 Å². The van der Waals surface area contributed by atoms with E-state index in [1.54, 1.807) is 6.20 Å². The highest BCUT2D eigenvalue weighted by Crippen LogP contribution is 2.27. The maximum Gasteiger partial charge on any atom is 0.226 e. The topological polar surface area (TPSA) is 78.5 Å². The van der Waals surface area contributed by atoms with Gasteiger partial charge in [-0.15, -0.1) is 0 Å². The molecule has 0 aromatic carbocycles. The molecule has 0 aliphatic carbocycles. The van der Waals surface area contributed by atoms with E-state index < -0.39 is 0 Å². The van der Waals surface area contributed by atoms with Crippen LogP contribution in [0.3, 0.4) is 0 Å². The minimum atomic E-state index is 0.605. The third-order valence-corrected chi connectivity index (χ3v) is 4.45. The Kier molecular flexibility index (Phi) is 3.22. The number of nitrogens with zero attached hydrogens (tertiary/aromatic N) is 3. The molecule has 1 aliphatic rings. The summed E-state index contributed by atoms with van der Waals surface area (Å²) < 4.78 is 0. The van der Waals surface area contributed by atoms with E-state index in [0.29, 0.717) is 11.2 Å². The molecule has 1 fully saturated rings. The highest BCUT2D eigenvalue weighted by molar-refractivity contribution is 8.00. The molecule has 0 spiro atoms. The van der Waals surface area contributed by atoms with E-state index in [-0.39, 0.29) is 0 Å². The van der Waals surface area contributed by atoms with Crippen LogP contribution >= 0.6 is 11.8 Å². The van der Waals surface area contributed by atoms with Crippen molar-refractivity contribution in [3.05, 3.63) is 6.20 Å². The highest BCUT2D eigenvalue weighted by atomic mass is 32.2. The second-order valence-corrected chi connectivity index (χ2v) is 5.70. The zero-order valence-corrected chi connectivity index (χ0v) is 11.0. The van der Waals surface area contributed by atoms with Crippen LogP contribution in [0.25, 0.3) is 11.0 Å². The summed E-state index contributed by atoms with van der Waals surface area (Å²) in [5, 5.41) is 14.9. The Bertz CT molecular complexity index is 533. The second kappa shape index (κ2) is 5.01. The average molecular weight is 264 g/mol. The van der Waals surface area contributed by atoms with Crippen LogP contribution in [0.15, 0.2) is 6.20 Å². The van der Waals surface area contributed by atoms with Gasteiger partial charge in [0.2, 0.25) is 5.95 Å². The predicted octanol–water partition coefficient (Wildman–Crippen LogP) is 1.70. The molecule has 6 nitrogen and oxygen atoms in total. The molecule has 0 bridgehead atoms. The smallest absolute Gasteiger partial charge is 0.226 e. The molecule has 0 amide bonds. The predicted molar refractivity (Wildman–Crippen MR) is 75.2 cm³/mol. The van der Waals surface area contributed by atoms with Crippen LogP contribution in [0.5, 0.6) is 0 Å². The van der Waals surface area contributed by atoms with Gasteiger partial charge in [-0.3, -0.25) is 5.10 Å². The normalized spacial score (nSPS) is 19.3. The maximum atomic E-state index is 4.45. The quantitative estimate of drug-likeness (QED) is 0.780. The van der Waals surface area contributed by atoms with Gasteiger partial charge in [0.15, 0.2) is 5.65 Å². The molecule has 1 aliphatic heterocycles. The third kappa shape index (κ3) is 2.22. The van der Waals surface area contributed by atoms with Crippen LogP contribution in [-0.2, 0) is 0 Å². The zero-order valence-electron chi connectivity index (χ0n) is 10.2.